The number of hydrogen-bond donors (Lipinski definition) is 0. The van der Waals surface area contributed by atoms with Crippen LogP contribution in [0, 0.1) is 18.3 Å². The molecule has 0 radical (unpaired) electrons. The molecule has 0 amide bonds. The van der Waals surface area contributed by atoms with E-state index in [4.69, 9.17) is 14.2 Å². The number of rotatable bonds is 9. The van der Waals surface area contributed by atoms with Gasteiger partial charge in [-0.2, -0.15) is 14.0 Å². The lowest BCUT2D eigenvalue weighted by molar-refractivity contribution is -0.0500. The van der Waals surface area contributed by atoms with Gasteiger partial charge in [0, 0.05) is 26.3 Å². The van der Waals surface area contributed by atoms with E-state index < -0.39 is 32.2 Å². The molecule has 0 N–H and O–H groups in total. The number of carbonyl (C=O) groups is 2. The lowest BCUT2D eigenvalue weighted by atomic mass is 10.0. The van der Waals surface area contributed by atoms with Crippen LogP contribution in [0.25, 0.3) is 21.9 Å². The molecule has 2 aromatic carbocycles. The number of alkyl halides is 2. The highest BCUT2D eigenvalue weighted by molar-refractivity contribution is 6.76. The summed E-state index contributed by atoms with van der Waals surface area (Å²) in [6.07, 6.45) is 0.740. The Morgan fingerprint density at radius 1 is 1.14 bits per heavy atom. The molecule has 0 saturated carbocycles. The molecule has 0 unspecified atom stereocenters. The molecule has 42 heavy (non-hydrogen) atoms. The maximum atomic E-state index is 14.3. The molecule has 0 spiro atoms. The van der Waals surface area contributed by atoms with Gasteiger partial charge in [0.1, 0.15) is 18.1 Å². The topological polar surface area (TPSA) is 108 Å². The molecule has 0 aliphatic carbocycles. The third-order valence-corrected chi connectivity index (χ3v) is 8.16. The van der Waals surface area contributed by atoms with Crippen molar-refractivity contribution in [2.45, 2.75) is 72.3 Å². The number of benzene rings is 2. The normalized spacial score (nSPS) is 12.2. The van der Waals surface area contributed by atoms with Gasteiger partial charge in [-0.15, -0.1) is 0 Å². The Morgan fingerprint density at radius 2 is 1.86 bits per heavy atom. The van der Waals surface area contributed by atoms with Crippen molar-refractivity contribution in [3.63, 3.8) is 0 Å². The van der Waals surface area contributed by atoms with Gasteiger partial charge in [-0.3, -0.25) is 13.9 Å². The van der Waals surface area contributed by atoms with Gasteiger partial charge in [-0.25, -0.2) is 9.78 Å². The first kappa shape index (κ1) is 30.9. The van der Waals surface area contributed by atoms with Crippen molar-refractivity contribution in [2.75, 3.05) is 6.61 Å². The molecule has 9 nitrogen and oxygen atoms in total. The van der Waals surface area contributed by atoms with Gasteiger partial charge in [-0.05, 0) is 69.6 Å². The molecular weight excluding hydrogens is 562 g/mol. The van der Waals surface area contributed by atoms with Gasteiger partial charge in [0.05, 0.1) is 33.7 Å². The van der Waals surface area contributed by atoms with Crippen molar-refractivity contribution < 1.29 is 32.6 Å². The summed E-state index contributed by atoms with van der Waals surface area (Å²) in [5.74, 6) is -1.14. The highest BCUT2D eigenvalue weighted by Gasteiger charge is 2.29. The van der Waals surface area contributed by atoms with Crippen molar-refractivity contribution >= 4 is 41.9 Å². The second-order valence-corrected chi connectivity index (χ2v) is 17.9. The number of hydrogen-bond acceptors (Lipinski definition) is 7. The first-order valence-electron chi connectivity index (χ1n) is 13.5. The SMILES string of the molecule is Cc1cc(OC(F)F)c(C(=O)c2nc3ccc(C#N)cc3n2COCC[Si](C)(C)C)c2ccn(C(=O)OC(C)(C)C)c12. The van der Waals surface area contributed by atoms with Crippen LogP contribution in [0.15, 0.2) is 36.5 Å². The Hall–Kier alpha value is -4.08. The fourth-order valence-electron chi connectivity index (χ4n) is 4.54. The van der Waals surface area contributed by atoms with E-state index in [9.17, 15) is 23.6 Å². The summed E-state index contributed by atoms with van der Waals surface area (Å²) in [5, 5.41) is 9.69. The molecule has 2 aromatic heterocycles. The van der Waals surface area contributed by atoms with E-state index in [1.54, 1.807) is 45.9 Å². The minimum atomic E-state index is -3.21. The van der Waals surface area contributed by atoms with E-state index in [0.29, 0.717) is 34.3 Å². The second-order valence-electron chi connectivity index (χ2n) is 12.2. The van der Waals surface area contributed by atoms with Gasteiger partial charge in [0.25, 0.3) is 0 Å². The number of aromatic nitrogens is 3. The monoisotopic (exact) mass is 596 g/mol. The molecule has 4 rings (SSSR count). The zero-order valence-electron chi connectivity index (χ0n) is 24.7. The number of fused-ring (bicyclic) bond motifs is 2. The lowest BCUT2D eigenvalue weighted by Crippen LogP contribution is -2.27. The molecule has 222 valence electrons. The van der Waals surface area contributed by atoms with E-state index in [1.165, 1.54) is 27.5 Å². The first-order chi connectivity index (χ1) is 19.6. The van der Waals surface area contributed by atoms with E-state index in [2.05, 4.69) is 30.7 Å². The minimum absolute atomic E-state index is 0.0457. The van der Waals surface area contributed by atoms with E-state index in [0.717, 1.165) is 6.04 Å². The number of aryl methyl sites for hydroxylation is 1. The van der Waals surface area contributed by atoms with Gasteiger partial charge in [-0.1, -0.05) is 19.6 Å². The van der Waals surface area contributed by atoms with Crippen molar-refractivity contribution in [1.29, 1.82) is 5.26 Å². The van der Waals surface area contributed by atoms with Crippen LogP contribution in [-0.4, -0.2) is 52.9 Å². The summed E-state index contributed by atoms with van der Waals surface area (Å²) in [4.78, 5) is 31.8. The van der Waals surface area contributed by atoms with Gasteiger partial charge < -0.3 is 14.2 Å². The second kappa shape index (κ2) is 11.7. The quantitative estimate of drug-likeness (QED) is 0.115. The maximum absolute atomic E-state index is 14.3. The van der Waals surface area contributed by atoms with E-state index >= 15 is 0 Å². The standard InChI is InChI=1S/C30H34F2N4O5Si/c1-18-14-23(40-28(31)32)24(20-10-11-35(25(18)20)29(38)41-30(2,3)4)26(37)27-34-21-9-8-19(16-33)15-22(21)36(27)17-39-12-13-42(5,6)7/h8-11,14-15,28H,12-13,17H2,1-7H3. The molecule has 0 aliphatic rings. The van der Waals surface area contributed by atoms with Crippen LogP contribution < -0.4 is 4.74 Å². The average molecular weight is 597 g/mol. The molecule has 2 heterocycles. The molecule has 4 aromatic rings. The Bertz CT molecular complexity index is 1710. The van der Waals surface area contributed by atoms with Crippen LogP contribution in [0.2, 0.25) is 25.7 Å². The van der Waals surface area contributed by atoms with Gasteiger partial charge in [0.2, 0.25) is 5.78 Å². The molecule has 0 bridgehead atoms. The van der Waals surface area contributed by atoms with Crippen molar-refractivity contribution in [3.8, 4) is 11.8 Å². The van der Waals surface area contributed by atoms with Crippen LogP contribution in [0.1, 0.15) is 48.1 Å². The predicted molar refractivity (Wildman–Crippen MR) is 157 cm³/mol. The summed E-state index contributed by atoms with van der Waals surface area (Å²) < 4.78 is 46.2. The van der Waals surface area contributed by atoms with Crippen molar-refractivity contribution in [2.24, 2.45) is 0 Å². The van der Waals surface area contributed by atoms with E-state index in [1.807, 2.05) is 0 Å². The maximum Gasteiger partial charge on any atom is 0.419 e. The van der Waals surface area contributed by atoms with Crippen LogP contribution >= 0.6 is 0 Å². The summed E-state index contributed by atoms with van der Waals surface area (Å²) in [6, 6.07) is 10.5. The average Bonchev–Trinajstić information content (AvgIpc) is 3.46. The molecule has 0 fully saturated rings. The summed E-state index contributed by atoms with van der Waals surface area (Å²) >= 11 is 0. The third-order valence-electron chi connectivity index (χ3n) is 6.45. The third kappa shape index (κ3) is 6.69. The Labute approximate surface area is 243 Å². The summed E-state index contributed by atoms with van der Waals surface area (Å²) in [5.41, 5.74) is 1.04. The molecule has 0 aliphatic heterocycles. The Kier molecular flexibility index (Phi) is 8.57. The lowest BCUT2D eigenvalue weighted by Gasteiger charge is -2.20. The largest absolute Gasteiger partial charge is 0.443 e. The number of carbonyl (C=O) groups excluding carboxylic acids is 2. The van der Waals surface area contributed by atoms with Gasteiger partial charge >= 0.3 is 12.7 Å². The number of nitriles is 1. The Balaban J connectivity index is 1.90. The van der Waals surface area contributed by atoms with E-state index in [-0.39, 0.29) is 29.3 Å². The molecule has 0 saturated heterocycles. The van der Waals surface area contributed by atoms with Crippen LogP contribution in [-0.2, 0) is 16.2 Å². The first-order valence-corrected chi connectivity index (χ1v) is 17.2. The molecule has 0 atom stereocenters. The van der Waals surface area contributed by atoms with Crippen LogP contribution in [0.4, 0.5) is 13.6 Å². The molecule has 12 heteroatoms. The highest BCUT2D eigenvalue weighted by atomic mass is 28.3. The van der Waals surface area contributed by atoms with Crippen molar-refractivity contribution in [3.05, 3.63) is 59.0 Å². The number of ketones is 1. The predicted octanol–water partition coefficient (Wildman–Crippen LogP) is 7.10. The zero-order chi connectivity index (χ0) is 31.0. The smallest absolute Gasteiger partial charge is 0.419 e. The number of halogens is 2. The van der Waals surface area contributed by atoms with Crippen LogP contribution in [0.3, 0.4) is 0 Å². The number of nitrogens with zero attached hydrogens (tertiary/aromatic N) is 4. The summed E-state index contributed by atoms with van der Waals surface area (Å²) in [6.45, 7) is 10.6. The fourth-order valence-corrected chi connectivity index (χ4v) is 5.29. The fraction of sp³-hybridized carbons (Fsp3) is 0.400. The summed E-state index contributed by atoms with van der Waals surface area (Å²) in [7, 11) is -1.40. The zero-order valence-corrected chi connectivity index (χ0v) is 25.7. The number of imidazole rings is 1. The highest BCUT2D eigenvalue weighted by Crippen LogP contribution is 2.35. The minimum Gasteiger partial charge on any atom is -0.443 e. The Morgan fingerprint density at radius 3 is 2.48 bits per heavy atom. The van der Waals surface area contributed by atoms with Crippen molar-refractivity contribution in [1.82, 2.24) is 14.1 Å². The number of ether oxygens (including phenoxy) is 3. The molecular formula is C30H34F2N4O5Si. The van der Waals surface area contributed by atoms with Crippen LogP contribution in [0.5, 0.6) is 5.75 Å². The van der Waals surface area contributed by atoms with Gasteiger partial charge in [0.15, 0.2) is 5.82 Å².